The largest absolute Gasteiger partial charge is 0.317 e. The van der Waals surface area contributed by atoms with Crippen LogP contribution in [0.15, 0.2) is 0 Å². The van der Waals surface area contributed by atoms with Crippen LogP contribution in [0, 0.1) is 5.92 Å². The monoisotopic (exact) mass is 156 g/mol. The quantitative estimate of drug-likeness (QED) is 0.616. The fraction of sp³-hybridized carbons (Fsp3) is 1.00. The third-order valence-corrected chi connectivity index (χ3v) is 2.47. The summed E-state index contributed by atoms with van der Waals surface area (Å²) in [6.45, 7) is 2.48. The molecule has 0 unspecified atom stereocenters. The highest BCUT2D eigenvalue weighted by Crippen LogP contribution is 2.18. The summed E-state index contributed by atoms with van der Waals surface area (Å²) in [4.78, 5) is 0. The van der Waals surface area contributed by atoms with Gasteiger partial charge < -0.3 is 5.32 Å². The predicted molar refractivity (Wildman–Crippen MR) is 45.0 cm³/mol. The van der Waals surface area contributed by atoms with Crippen LogP contribution in [0.25, 0.3) is 0 Å². The van der Waals surface area contributed by atoms with Crippen molar-refractivity contribution in [2.45, 2.75) is 32.1 Å². The molecular formula is C9H18NO. The average molecular weight is 156 g/mol. The van der Waals surface area contributed by atoms with Crippen molar-refractivity contribution in [3.8, 4) is 0 Å². The van der Waals surface area contributed by atoms with Crippen LogP contribution in [-0.4, -0.2) is 19.7 Å². The van der Waals surface area contributed by atoms with Gasteiger partial charge in [0.15, 0.2) is 0 Å². The van der Waals surface area contributed by atoms with Gasteiger partial charge in [-0.3, -0.25) is 0 Å². The molecule has 2 nitrogen and oxygen atoms in total. The molecule has 1 rings (SSSR count). The molecule has 0 atom stereocenters. The van der Waals surface area contributed by atoms with Crippen molar-refractivity contribution in [3.05, 3.63) is 0 Å². The smallest absolute Gasteiger partial charge is 0.0822 e. The van der Waals surface area contributed by atoms with Gasteiger partial charge in [-0.2, -0.15) is 0 Å². The highest BCUT2D eigenvalue weighted by atomic mass is 16.2. The minimum atomic E-state index is 0.116. The molecule has 11 heavy (non-hydrogen) atoms. The van der Waals surface area contributed by atoms with E-state index in [1.807, 2.05) is 0 Å². The molecule has 0 aromatic carbocycles. The Hall–Kier alpha value is -0.0800. The number of piperidine rings is 1. The minimum Gasteiger partial charge on any atom is -0.317 e. The number of nitrogens with one attached hydrogen (secondary N) is 1. The third-order valence-electron chi connectivity index (χ3n) is 2.47. The van der Waals surface area contributed by atoms with E-state index in [1.54, 1.807) is 0 Å². The fourth-order valence-electron chi connectivity index (χ4n) is 1.71. The molecule has 65 valence electrons. The second kappa shape index (κ2) is 5.56. The zero-order valence-electron chi connectivity index (χ0n) is 7.14. The van der Waals surface area contributed by atoms with Gasteiger partial charge >= 0.3 is 0 Å². The van der Waals surface area contributed by atoms with Crippen LogP contribution in [0.5, 0.6) is 0 Å². The van der Waals surface area contributed by atoms with Gasteiger partial charge in [-0.05, 0) is 38.3 Å². The Balaban J connectivity index is 1.96. The number of rotatable bonds is 4. The number of unbranched alkanes of at least 4 members (excludes halogenated alkanes) is 1. The molecule has 0 spiro atoms. The normalized spacial score (nSPS) is 20.5. The molecule has 1 saturated heterocycles. The average Bonchev–Trinajstić information content (AvgIpc) is 2.07. The number of hydrogen-bond acceptors (Lipinski definition) is 1. The van der Waals surface area contributed by atoms with Gasteiger partial charge in [0.1, 0.15) is 0 Å². The molecule has 0 bridgehead atoms. The van der Waals surface area contributed by atoms with E-state index in [0.717, 1.165) is 18.8 Å². The third kappa shape index (κ3) is 3.73. The summed E-state index contributed by atoms with van der Waals surface area (Å²) in [5.74, 6) is 0.905. The Labute approximate surface area is 69.0 Å². The molecule has 1 heterocycles. The van der Waals surface area contributed by atoms with Crippen LogP contribution < -0.4 is 5.32 Å². The lowest BCUT2D eigenvalue weighted by Crippen LogP contribution is -2.27. The Morgan fingerprint density at radius 2 is 1.91 bits per heavy atom. The number of hydrogen-bond donors (Lipinski definition) is 1. The molecular weight excluding hydrogens is 138 g/mol. The van der Waals surface area contributed by atoms with Crippen LogP contribution in [-0.2, 0) is 5.11 Å². The molecule has 1 aliphatic rings. The predicted octanol–water partition coefficient (Wildman–Crippen LogP) is 1.59. The first kappa shape index (κ1) is 9.01. The summed E-state index contributed by atoms with van der Waals surface area (Å²) in [6.07, 6.45) is 5.94. The standard InChI is InChI=1S/C9H18NO/c11-8-2-1-3-9-4-6-10-7-5-9/h9-10H,1-8H2. The van der Waals surface area contributed by atoms with Gasteiger partial charge in [0.25, 0.3) is 0 Å². The fourth-order valence-corrected chi connectivity index (χ4v) is 1.71. The van der Waals surface area contributed by atoms with E-state index in [-0.39, 0.29) is 6.61 Å². The lowest BCUT2D eigenvalue weighted by atomic mass is 9.93. The van der Waals surface area contributed by atoms with Gasteiger partial charge in [-0.1, -0.05) is 12.8 Å². The van der Waals surface area contributed by atoms with E-state index < -0.39 is 0 Å². The van der Waals surface area contributed by atoms with Gasteiger partial charge in [0.05, 0.1) is 6.61 Å². The molecule has 1 radical (unpaired) electrons. The van der Waals surface area contributed by atoms with E-state index in [1.165, 1.54) is 32.4 Å². The molecule has 0 saturated carbocycles. The molecule has 1 N–H and O–H groups in total. The lowest BCUT2D eigenvalue weighted by molar-refractivity contribution is 0.182. The van der Waals surface area contributed by atoms with E-state index in [2.05, 4.69) is 5.32 Å². The molecule has 2 heteroatoms. The van der Waals surface area contributed by atoms with Crippen molar-refractivity contribution in [1.29, 1.82) is 0 Å². The van der Waals surface area contributed by atoms with Crippen molar-refractivity contribution < 1.29 is 5.11 Å². The zero-order chi connectivity index (χ0) is 7.94. The van der Waals surface area contributed by atoms with E-state index in [9.17, 15) is 5.11 Å². The van der Waals surface area contributed by atoms with Crippen molar-refractivity contribution in [2.24, 2.45) is 5.92 Å². The summed E-state index contributed by atoms with van der Waals surface area (Å²) in [5.41, 5.74) is 0. The summed E-state index contributed by atoms with van der Waals surface area (Å²) in [6, 6.07) is 0. The van der Waals surface area contributed by atoms with Crippen LogP contribution >= 0.6 is 0 Å². The van der Waals surface area contributed by atoms with Crippen LogP contribution in [0.2, 0.25) is 0 Å². The highest BCUT2D eigenvalue weighted by Gasteiger charge is 2.11. The summed E-state index contributed by atoms with van der Waals surface area (Å²) < 4.78 is 0. The summed E-state index contributed by atoms with van der Waals surface area (Å²) >= 11 is 0. The summed E-state index contributed by atoms with van der Waals surface area (Å²) in [7, 11) is 0. The van der Waals surface area contributed by atoms with Gasteiger partial charge in [0.2, 0.25) is 0 Å². The van der Waals surface area contributed by atoms with E-state index in [0.29, 0.717) is 0 Å². The molecule has 1 fully saturated rings. The lowest BCUT2D eigenvalue weighted by Gasteiger charge is -2.22. The Bertz CT molecular complexity index is 89.6. The second-order valence-corrected chi connectivity index (χ2v) is 3.39. The van der Waals surface area contributed by atoms with Crippen LogP contribution in [0.1, 0.15) is 32.1 Å². The first-order chi connectivity index (χ1) is 5.43. The van der Waals surface area contributed by atoms with Gasteiger partial charge in [-0.25, -0.2) is 5.11 Å². The molecule has 0 amide bonds. The molecule has 0 aromatic heterocycles. The van der Waals surface area contributed by atoms with E-state index in [4.69, 9.17) is 0 Å². The van der Waals surface area contributed by atoms with Crippen molar-refractivity contribution in [1.82, 2.24) is 5.32 Å². The second-order valence-electron chi connectivity index (χ2n) is 3.39. The van der Waals surface area contributed by atoms with Crippen LogP contribution in [0.4, 0.5) is 0 Å². The Kier molecular flexibility index (Phi) is 4.55. The maximum Gasteiger partial charge on any atom is 0.0822 e. The maximum absolute atomic E-state index is 10.2. The highest BCUT2D eigenvalue weighted by molar-refractivity contribution is 4.68. The topological polar surface area (TPSA) is 31.9 Å². The Morgan fingerprint density at radius 3 is 2.55 bits per heavy atom. The van der Waals surface area contributed by atoms with Gasteiger partial charge in [-0.15, -0.1) is 0 Å². The first-order valence-electron chi connectivity index (χ1n) is 4.72. The van der Waals surface area contributed by atoms with Crippen LogP contribution in [0.3, 0.4) is 0 Å². The van der Waals surface area contributed by atoms with Crippen molar-refractivity contribution >= 4 is 0 Å². The zero-order valence-corrected chi connectivity index (χ0v) is 7.14. The Morgan fingerprint density at radius 1 is 1.18 bits per heavy atom. The molecule has 1 aliphatic heterocycles. The van der Waals surface area contributed by atoms with E-state index >= 15 is 0 Å². The molecule has 0 aromatic rings. The maximum atomic E-state index is 10.2. The van der Waals surface area contributed by atoms with Gasteiger partial charge in [0, 0.05) is 0 Å². The van der Waals surface area contributed by atoms with Crippen molar-refractivity contribution in [3.63, 3.8) is 0 Å². The minimum absolute atomic E-state index is 0.116. The summed E-state index contributed by atoms with van der Waals surface area (Å²) in [5, 5.41) is 13.5. The molecule has 0 aliphatic carbocycles. The SMILES string of the molecule is [O]CCCCC1CCNCC1. The first-order valence-corrected chi connectivity index (χ1v) is 4.72. The van der Waals surface area contributed by atoms with Crippen molar-refractivity contribution in [2.75, 3.05) is 19.7 Å².